The lowest BCUT2D eigenvalue weighted by Gasteiger charge is -2.31. The van der Waals surface area contributed by atoms with Crippen LogP contribution in [0.1, 0.15) is 36.5 Å². The van der Waals surface area contributed by atoms with Crippen LogP contribution in [-0.2, 0) is 0 Å². The van der Waals surface area contributed by atoms with Crippen LogP contribution in [0, 0.1) is 26.7 Å². The Kier molecular flexibility index (Phi) is 5.65. The Balaban J connectivity index is 1.83. The van der Waals surface area contributed by atoms with Crippen LogP contribution in [0.3, 0.4) is 0 Å². The first-order valence-electron chi connectivity index (χ1n) is 8.06. The average Bonchev–Trinajstić information content (AvgIpc) is 2.40. The van der Waals surface area contributed by atoms with Gasteiger partial charge in [0, 0.05) is 6.54 Å². The summed E-state index contributed by atoms with van der Waals surface area (Å²) in [7, 11) is 0. The molecule has 1 saturated heterocycles. The average molecular weight is 291 g/mol. The highest BCUT2D eigenvalue weighted by molar-refractivity contribution is 5.42. The Morgan fingerprint density at radius 2 is 1.76 bits per heavy atom. The molecule has 0 unspecified atom stereocenters. The van der Waals surface area contributed by atoms with E-state index in [1.54, 1.807) is 0 Å². The molecule has 0 radical (unpaired) electrons. The SMILES string of the molecule is Cc1cc(C)c(OC[C@@H](O)CN2CCC(C)CC2)c(C)c1. The second-order valence-corrected chi connectivity index (χ2v) is 6.68. The number of hydrogen-bond acceptors (Lipinski definition) is 3. The van der Waals surface area contributed by atoms with Gasteiger partial charge in [0.05, 0.1) is 0 Å². The minimum Gasteiger partial charge on any atom is -0.490 e. The number of hydrogen-bond donors (Lipinski definition) is 1. The fourth-order valence-electron chi connectivity index (χ4n) is 3.17. The largest absolute Gasteiger partial charge is 0.490 e. The zero-order chi connectivity index (χ0) is 15.4. The summed E-state index contributed by atoms with van der Waals surface area (Å²) in [5.41, 5.74) is 3.54. The Bertz CT molecular complexity index is 441. The summed E-state index contributed by atoms with van der Waals surface area (Å²) >= 11 is 0. The molecule has 1 fully saturated rings. The lowest BCUT2D eigenvalue weighted by Crippen LogP contribution is -2.40. The van der Waals surface area contributed by atoms with Crippen LogP contribution in [0.15, 0.2) is 12.1 Å². The van der Waals surface area contributed by atoms with Crippen molar-refractivity contribution in [3.05, 3.63) is 28.8 Å². The summed E-state index contributed by atoms with van der Waals surface area (Å²) in [6.45, 7) is 11.8. The van der Waals surface area contributed by atoms with E-state index < -0.39 is 6.10 Å². The topological polar surface area (TPSA) is 32.7 Å². The molecule has 0 aliphatic carbocycles. The third-order valence-electron chi connectivity index (χ3n) is 4.37. The van der Waals surface area contributed by atoms with Gasteiger partial charge < -0.3 is 14.7 Å². The van der Waals surface area contributed by atoms with E-state index in [0.717, 1.165) is 42.4 Å². The molecule has 3 nitrogen and oxygen atoms in total. The van der Waals surface area contributed by atoms with Crippen LogP contribution < -0.4 is 4.74 Å². The van der Waals surface area contributed by atoms with E-state index in [0.29, 0.717) is 6.61 Å². The van der Waals surface area contributed by atoms with Gasteiger partial charge in [0.1, 0.15) is 18.5 Å². The molecular weight excluding hydrogens is 262 g/mol. The molecule has 0 saturated carbocycles. The van der Waals surface area contributed by atoms with E-state index in [4.69, 9.17) is 4.74 Å². The van der Waals surface area contributed by atoms with Crippen LogP contribution in [0.5, 0.6) is 5.75 Å². The highest BCUT2D eigenvalue weighted by atomic mass is 16.5. The van der Waals surface area contributed by atoms with Crippen LogP contribution in [-0.4, -0.2) is 42.4 Å². The minimum atomic E-state index is -0.418. The zero-order valence-electron chi connectivity index (χ0n) is 13.9. The summed E-state index contributed by atoms with van der Waals surface area (Å²) in [4.78, 5) is 2.35. The van der Waals surface area contributed by atoms with Crippen molar-refractivity contribution >= 4 is 0 Å². The Morgan fingerprint density at radius 1 is 1.19 bits per heavy atom. The fourth-order valence-corrected chi connectivity index (χ4v) is 3.17. The van der Waals surface area contributed by atoms with E-state index in [-0.39, 0.29) is 0 Å². The van der Waals surface area contributed by atoms with Gasteiger partial charge in [0.25, 0.3) is 0 Å². The number of likely N-dealkylation sites (tertiary alicyclic amines) is 1. The lowest BCUT2D eigenvalue weighted by molar-refractivity contribution is 0.0559. The minimum absolute atomic E-state index is 0.372. The standard InChI is InChI=1S/C18H29NO2/c1-13-5-7-19(8-6-13)11-17(20)12-21-18-15(3)9-14(2)10-16(18)4/h9-10,13,17,20H,5-8,11-12H2,1-4H3/t17-/m0/s1. The van der Waals surface area contributed by atoms with Gasteiger partial charge in [0.2, 0.25) is 0 Å². The molecule has 21 heavy (non-hydrogen) atoms. The van der Waals surface area contributed by atoms with E-state index in [1.807, 2.05) is 0 Å². The molecule has 1 heterocycles. The van der Waals surface area contributed by atoms with Crippen molar-refractivity contribution in [3.63, 3.8) is 0 Å². The molecule has 1 N–H and O–H groups in total. The number of aryl methyl sites for hydroxylation is 3. The number of ether oxygens (including phenoxy) is 1. The number of benzene rings is 1. The molecule has 0 amide bonds. The number of nitrogens with zero attached hydrogens (tertiary/aromatic N) is 1. The van der Waals surface area contributed by atoms with Crippen LogP contribution in [0.25, 0.3) is 0 Å². The summed E-state index contributed by atoms with van der Waals surface area (Å²) in [5, 5.41) is 10.2. The Labute approximate surface area is 128 Å². The molecular formula is C18H29NO2. The summed E-state index contributed by atoms with van der Waals surface area (Å²) in [5.74, 6) is 1.75. The monoisotopic (exact) mass is 291 g/mol. The van der Waals surface area contributed by atoms with Crippen LogP contribution in [0.4, 0.5) is 0 Å². The van der Waals surface area contributed by atoms with Crippen molar-refractivity contribution in [2.45, 2.75) is 46.6 Å². The summed E-state index contributed by atoms with van der Waals surface area (Å²) in [6, 6.07) is 4.25. The Hall–Kier alpha value is -1.06. The van der Waals surface area contributed by atoms with Gasteiger partial charge in [0.15, 0.2) is 0 Å². The third-order valence-corrected chi connectivity index (χ3v) is 4.37. The van der Waals surface area contributed by atoms with Crippen molar-refractivity contribution in [3.8, 4) is 5.75 Å². The smallest absolute Gasteiger partial charge is 0.125 e. The number of piperidine rings is 1. The van der Waals surface area contributed by atoms with Crippen molar-refractivity contribution in [2.75, 3.05) is 26.2 Å². The first-order chi connectivity index (χ1) is 9.95. The van der Waals surface area contributed by atoms with Gasteiger partial charge in [-0.1, -0.05) is 24.6 Å². The number of aliphatic hydroxyl groups is 1. The molecule has 1 aromatic carbocycles. The van der Waals surface area contributed by atoms with Crippen LogP contribution >= 0.6 is 0 Å². The third kappa shape index (κ3) is 4.72. The molecule has 0 spiro atoms. The maximum Gasteiger partial charge on any atom is 0.125 e. The molecule has 1 aliphatic rings. The van der Waals surface area contributed by atoms with Gasteiger partial charge in [-0.05, 0) is 63.7 Å². The van der Waals surface area contributed by atoms with Gasteiger partial charge in [-0.25, -0.2) is 0 Å². The second-order valence-electron chi connectivity index (χ2n) is 6.68. The normalized spacial score (nSPS) is 18.7. The Morgan fingerprint density at radius 3 is 2.33 bits per heavy atom. The van der Waals surface area contributed by atoms with E-state index in [1.165, 1.54) is 18.4 Å². The molecule has 118 valence electrons. The molecule has 1 aromatic rings. The molecule has 2 rings (SSSR count). The maximum atomic E-state index is 10.2. The highest BCUT2D eigenvalue weighted by Crippen LogP contribution is 2.24. The van der Waals surface area contributed by atoms with Crippen molar-refractivity contribution in [2.24, 2.45) is 5.92 Å². The number of aliphatic hydroxyl groups excluding tert-OH is 1. The summed E-state index contributed by atoms with van der Waals surface area (Å²) in [6.07, 6.45) is 2.06. The van der Waals surface area contributed by atoms with Crippen LogP contribution in [0.2, 0.25) is 0 Å². The number of rotatable bonds is 5. The maximum absolute atomic E-state index is 10.2. The quantitative estimate of drug-likeness (QED) is 0.905. The first kappa shape index (κ1) is 16.3. The first-order valence-corrected chi connectivity index (χ1v) is 8.06. The molecule has 1 aliphatic heterocycles. The predicted molar refractivity (Wildman–Crippen MR) is 87.0 cm³/mol. The molecule has 1 atom stereocenters. The van der Waals surface area contributed by atoms with Crippen molar-refractivity contribution in [1.29, 1.82) is 0 Å². The van der Waals surface area contributed by atoms with Gasteiger partial charge in [-0.3, -0.25) is 0 Å². The summed E-state index contributed by atoms with van der Waals surface area (Å²) < 4.78 is 5.87. The number of β-amino-alcohol motifs (C(OH)–C–C–N with tert-alkyl or cyclic N) is 1. The van der Waals surface area contributed by atoms with E-state index >= 15 is 0 Å². The fraction of sp³-hybridized carbons (Fsp3) is 0.667. The molecule has 0 aromatic heterocycles. The lowest BCUT2D eigenvalue weighted by atomic mass is 9.99. The van der Waals surface area contributed by atoms with Gasteiger partial charge >= 0.3 is 0 Å². The zero-order valence-corrected chi connectivity index (χ0v) is 13.9. The van der Waals surface area contributed by atoms with Gasteiger partial charge in [-0.2, -0.15) is 0 Å². The molecule has 0 bridgehead atoms. The van der Waals surface area contributed by atoms with Gasteiger partial charge in [-0.15, -0.1) is 0 Å². The van der Waals surface area contributed by atoms with E-state index in [9.17, 15) is 5.11 Å². The van der Waals surface area contributed by atoms with E-state index in [2.05, 4.69) is 44.7 Å². The second kappa shape index (κ2) is 7.28. The molecule has 3 heteroatoms. The predicted octanol–water partition coefficient (Wildman–Crippen LogP) is 3.08. The van der Waals surface area contributed by atoms with Crippen molar-refractivity contribution < 1.29 is 9.84 Å². The highest BCUT2D eigenvalue weighted by Gasteiger charge is 2.19. The van der Waals surface area contributed by atoms with Crippen molar-refractivity contribution in [1.82, 2.24) is 4.90 Å².